The maximum Gasteiger partial charge on any atom is 0.237 e. The second kappa shape index (κ2) is 5.81. The predicted octanol–water partition coefficient (Wildman–Crippen LogP) is 1.34. The van der Waals surface area contributed by atoms with Gasteiger partial charge in [0.15, 0.2) is 0 Å². The molecule has 0 aliphatic heterocycles. The van der Waals surface area contributed by atoms with Crippen LogP contribution < -0.4 is 11.1 Å². The van der Waals surface area contributed by atoms with E-state index in [0.29, 0.717) is 0 Å². The van der Waals surface area contributed by atoms with E-state index in [1.165, 1.54) is 0 Å². The van der Waals surface area contributed by atoms with Crippen molar-refractivity contribution in [1.82, 2.24) is 5.32 Å². The lowest BCUT2D eigenvalue weighted by Gasteiger charge is -2.16. The average Bonchev–Trinajstić information content (AvgIpc) is 2.66. The van der Waals surface area contributed by atoms with E-state index in [4.69, 9.17) is 5.73 Å². The molecule has 1 aliphatic rings. The van der Waals surface area contributed by atoms with Crippen molar-refractivity contribution in [2.75, 3.05) is 0 Å². The summed E-state index contributed by atoms with van der Waals surface area (Å²) in [6.45, 7) is 2.10. The smallest absolute Gasteiger partial charge is 0.237 e. The van der Waals surface area contributed by atoms with Crippen LogP contribution in [-0.4, -0.2) is 18.0 Å². The summed E-state index contributed by atoms with van der Waals surface area (Å²) in [4.78, 5) is 11.5. The fourth-order valence-electron chi connectivity index (χ4n) is 1.60. The Morgan fingerprint density at radius 1 is 1.57 bits per heavy atom. The molecule has 0 heterocycles. The fourth-order valence-corrected chi connectivity index (χ4v) is 1.60. The summed E-state index contributed by atoms with van der Waals surface area (Å²) in [6.07, 6.45) is 9.01. The molecule has 0 spiro atoms. The van der Waals surface area contributed by atoms with Crippen LogP contribution in [0.5, 0.6) is 0 Å². The van der Waals surface area contributed by atoms with Gasteiger partial charge in [-0.1, -0.05) is 31.9 Å². The first-order valence-electron chi connectivity index (χ1n) is 5.45. The van der Waals surface area contributed by atoms with Crippen LogP contribution in [0.25, 0.3) is 0 Å². The zero-order valence-corrected chi connectivity index (χ0v) is 8.83. The Labute approximate surface area is 85.7 Å². The number of nitrogens with one attached hydrogen (secondary N) is 1. The van der Waals surface area contributed by atoms with Gasteiger partial charge in [0.05, 0.1) is 6.04 Å². The van der Waals surface area contributed by atoms with Crippen molar-refractivity contribution in [1.29, 1.82) is 0 Å². The summed E-state index contributed by atoms with van der Waals surface area (Å²) in [7, 11) is 0. The summed E-state index contributed by atoms with van der Waals surface area (Å²) >= 11 is 0. The number of nitrogens with two attached hydrogens (primary N) is 1. The van der Waals surface area contributed by atoms with Crippen LogP contribution in [0.2, 0.25) is 0 Å². The lowest BCUT2D eigenvalue weighted by Crippen LogP contribution is -2.44. The van der Waals surface area contributed by atoms with Crippen LogP contribution >= 0.6 is 0 Å². The van der Waals surface area contributed by atoms with E-state index in [1.807, 2.05) is 0 Å². The van der Waals surface area contributed by atoms with Crippen molar-refractivity contribution in [2.45, 2.75) is 51.1 Å². The molecule has 3 nitrogen and oxygen atoms in total. The predicted molar refractivity (Wildman–Crippen MR) is 57.8 cm³/mol. The zero-order valence-electron chi connectivity index (χ0n) is 8.83. The Morgan fingerprint density at radius 3 is 2.79 bits per heavy atom. The highest BCUT2D eigenvalue weighted by Crippen LogP contribution is 2.09. The minimum atomic E-state index is -0.324. The normalized spacial score (nSPS) is 18.4. The molecule has 0 aromatic rings. The van der Waals surface area contributed by atoms with Gasteiger partial charge in [-0.15, -0.1) is 0 Å². The van der Waals surface area contributed by atoms with Gasteiger partial charge in [0, 0.05) is 6.04 Å². The van der Waals surface area contributed by atoms with Gasteiger partial charge in [0.1, 0.15) is 0 Å². The highest BCUT2D eigenvalue weighted by atomic mass is 16.2. The number of rotatable bonds is 5. The highest BCUT2D eigenvalue weighted by molar-refractivity contribution is 5.81. The van der Waals surface area contributed by atoms with E-state index >= 15 is 0 Å². The molecule has 1 rings (SSSR count). The molecule has 80 valence electrons. The Morgan fingerprint density at radius 2 is 2.21 bits per heavy atom. The molecule has 3 heteroatoms. The van der Waals surface area contributed by atoms with E-state index < -0.39 is 0 Å². The molecule has 0 saturated carbocycles. The van der Waals surface area contributed by atoms with E-state index in [0.717, 1.165) is 32.1 Å². The number of hydrogen-bond acceptors (Lipinski definition) is 2. The van der Waals surface area contributed by atoms with Gasteiger partial charge in [-0.25, -0.2) is 0 Å². The number of carbonyl (C=O) groups is 1. The van der Waals surface area contributed by atoms with Crippen LogP contribution in [-0.2, 0) is 4.79 Å². The van der Waals surface area contributed by atoms with Gasteiger partial charge in [-0.3, -0.25) is 4.79 Å². The minimum absolute atomic E-state index is 0.00662. The molecular weight excluding hydrogens is 176 g/mol. The van der Waals surface area contributed by atoms with Gasteiger partial charge < -0.3 is 11.1 Å². The van der Waals surface area contributed by atoms with Crippen molar-refractivity contribution in [3.05, 3.63) is 12.2 Å². The first kappa shape index (κ1) is 11.2. The fraction of sp³-hybridized carbons (Fsp3) is 0.727. The number of carbonyl (C=O) groups excluding carboxylic acids is 1. The van der Waals surface area contributed by atoms with Crippen molar-refractivity contribution >= 4 is 5.91 Å². The third-order valence-corrected chi connectivity index (χ3v) is 2.56. The van der Waals surface area contributed by atoms with Crippen molar-refractivity contribution in [2.24, 2.45) is 5.73 Å². The first-order chi connectivity index (χ1) is 6.74. The van der Waals surface area contributed by atoms with Crippen LogP contribution in [0.1, 0.15) is 39.0 Å². The SMILES string of the molecule is CCCC[C@H](N)C(=O)NC1CC=CC1. The van der Waals surface area contributed by atoms with Crippen molar-refractivity contribution in [3.63, 3.8) is 0 Å². The lowest BCUT2D eigenvalue weighted by molar-refractivity contribution is -0.123. The molecule has 0 radical (unpaired) electrons. The standard InChI is InChI=1S/C11H20N2O/c1-2-3-8-10(12)11(14)13-9-6-4-5-7-9/h4-5,9-10H,2-3,6-8,12H2,1H3,(H,13,14)/t10-/m0/s1. The maximum absolute atomic E-state index is 11.5. The van der Waals surface area contributed by atoms with Crippen molar-refractivity contribution in [3.8, 4) is 0 Å². The molecule has 14 heavy (non-hydrogen) atoms. The van der Waals surface area contributed by atoms with Gasteiger partial charge in [-0.2, -0.15) is 0 Å². The number of hydrogen-bond donors (Lipinski definition) is 2. The summed E-state index contributed by atoms with van der Waals surface area (Å²) in [5, 5.41) is 2.96. The monoisotopic (exact) mass is 196 g/mol. The van der Waals surface area contributed by atoms with Gasteiger partial charge >= 0.3 is 0 Å². The highest BCUT2D eigenvalue weighted by Gasteiger charge is 2.17. The number of unbranched alkanes of at least 4 members (excludes halogenated alkanes) is 1. The molecule has 1 atom stereocenters. The van der Waals surface area contributed by atoms with Gasteiger partial charge in [0.25, 0.3) is 0 Å². The summed E-state index contributed by atoms with van der Waals surface area (Å²) in [5.74, 6) is 0.00662. The Balaban J connectivity index is 2.19. The molecule has 1 aliphatic carbocycles. The molecular formula is C11H20N2O. The van der Waals surface area contributed by atoms with Crippen LogP contribution in [0.4, 0.5) is 0 Å². The van der Waals surface area contributed by atoms with E-state index in [2.05, 4.69) is 24.4 Å². The average molecular weight is 196 g/mol. The Bertz CT molecular complexity index is 205. The van der Waals surface area contributed by atoms with Crippen LogP contribution in [0, 0.1) is 0 Å². The van der Waals surface area contributed by atoms with E-state index in [-0.39, 0.29) is 18.0 Å². The quantitative estimate of drug-likeness (QED) is 0.652. The molecule has 0 aromatic heterocycles. The van der Waals surface area contributed by atoms with Crippen LogP contribution in [0.3, 0.4) is 0 Å². The molecule has 0 aromatic carbocycles. The molecule has 1 amide bonds. The Kier molecular flexibility index (Phi) is 4.66. The molecule has 0 fully saturated rings. The molecule has 0 unspecified atom stereocenters. The zero-order chi connectivity index (χ0) is 10.4. The Hall–Kier alpha value is -0.830. The minimum Gasteiger partial charge on any atom is -0.351 e. The third-order valence-electron chi connectivity index (χ3n) is 2.56. The summed E-state index contributed by atoms with van der Waals surface area (Å²) in [6, 6.07) is -0.0364. The van der Waals surface area contributed by atoms with Gasteiger partial charge in [-0.05, 0) is 19.3 Å². The van der Waals surface area contributed by atoms with Crippen LogP contribution in [0.15, 0.2) is 12.2 Å². The van der Waals surface area contributed by atoms with E-state index in [9.17, 15) is 4.79 Å². The number of amides is 1. The molecule has 0 saturated heterocycles. The second-order valence-electron chi connectivity index (χ2n) is 3.90. The van der Waals surface area contributed by atoms with Gasteiger partial charge in [0.2, 0.25) is 5.91 Å². The molecule has 3 N–H and O–H groups in total. The third kappa shape index (κ3) is 3.50. The maximum atomic E-state index is 11.5. The first-order valence-corrected chi connectivity index (χ1v) is 5.45. The topological polar surface area (TPSA) is 55.1 Å². The summed E-state index contributed by atoms with van der Waals surface area (Å²) in [5.41, 5.74) is 5.75. The second-order valence-corrected chi connectivity index (χ2v) is 3.90. The lowest BCUT2D eigenvalue weighted by atomic mass is 10.1. The van der Waals surface area contributed by atoms with E-state index in [1.54, 1.807) is 0 Å². The van der Waals surface area contributed by atoms with Crippen molar-refractivity contribution < 1.29 is 4.79 Å². The molecule has 0 bridgehead atoms. The largest absolute Gasteiger partial charge is 0.351 e. The summed E-state index contributed by atoms with van der Waals surface area (Å²) < 4.78 is 0.